The van der Waals surface area contributed by atoms with Gasteiger partial charge in [-0.15, -0.1) is 0 Å². The molecule has 1 atom stereocenters. The number of aliphatic hydroxyl groups is 1. The second-order valence-electron chi connectivity index (χ2n) is 5.15. The van der Waals surface area contributed by atoms with Gasteiger partial charge >= 0.3 is 0 Å². The summed E-state index contributed by atoms with van der Waals surface area (Å²) in [6.07, 6.45) is 0.934. The Morgan fingerprint density at radius 2 is 2.16 bits per heavy atom. The van der Waals surface area contributed by atoms with Crippen molar-refractivity contribution >= 4 is 17.6 Å². The van der Waals surface area contributed by atoms with E-state index in [0.29, 0.717) is 11.4 Å². The van der Waals surface area contributed by atoms with Gasteiger partial charge in [0.1, 0.15) is 11.4 Å². The number of hydrogen-bond donors (Lipinski definition) is 2. The third-order valence-corrected chi connectivity index (χ3v) is 3.31. The lowest BCUT2D eigenvalue weighted by atomic mass is 9.98. The largest absolute Gasteiger partial charge is 0.389 e. The maximum atomic E-state index is 11.9. The normalized spacial score (nSPS) is 20.1. The molecule has 0 spiro atoms. The first-order valence-corrected chi connectivity index (χ1v) is 6.08. The van der Waals surface area contributed by atoms with Crippen molar-refractivity contribution in [2.75, 3.05) is 11.4 Å². The summed E-state index contributed by atoms with van der Waals surface area (Å²) >= 11 is 0. The average molecular weight is 263 g/mol. The van der Waals surface area contributed by atoms with Crippen molar-refractivity contribution in [1.29, 1.82) is 0 Å². The number of aromatic nitrogens is 1. The van der Waals surface area contributed by atoms with Gasteiger partial charge in [0, 0.05) is 6.20 Å². The van der Waals surface area contributed by atoms with Gasteiger partial charge in [0.2, 0.25) is 5.91 Å². The number of piperazine rings is 1. The van der Waals surface area contributed by atoms with E-state index < -0.39 is 11.6 Å². The summed E-state index contributed by atoms with van der Waals surface area (Å²) in [5.74, 6) is -0.201. The van der Waals surface area contributed by atoms with Gasteiger partial charge in [-0.2, -0.15) is 0 Å². The molecular formula is C13H17N3O3. The number of imide groups is 1. The Morgan fingerprint density at radius 1 is 1.47 bits per heavy atom. The molecule has 1 aliphatic heterocycles. The second-order valence-corrected chi connectivity index (χ2v) is 5.15. The number of nitrogens with one attached hydrogen (secondary N) is 1. The molecule has 1 aliphatic rings. The highest BCUT2D eigenvalue weighted by Crippen LogP contribution is 2.26. The summed E-state index contributed by atoms with van der Waals surface area (Å²) in [6, 6.07) is 3.39. The number of carbonyl (C=O) groups excluding carboxylic acids is 2. The molecule has 0 aliphatic carbocycles. The minimum absolute atomic E-state index is 0.0645. The van der Waals surface area contributed by atoms with Crippen LogP contribution in [0.3, 0.4) is 0 Å². The molecule has 2 heterocycles. The van der Waals surface area contributed by atoms with E-state index >= 15 is 0 Å². The molecule has 0 aromatic carbocycles. The van der Waals surface area contributed by atoms with E-state index in [4.69, 9.17) is 0 Å². The van der Waals surface area contributed by atoms with Crippen LogP contribution in [-0.2, 0) is 9.59 Å². The van der Waals surface area contributed by atoms with E-state index in [9.17, 15) is 14.7 Å². The first-order valence-electron chi connectivity index (χ1n) is 6.08. The number of anilines is 1. The number of nitrogens with zero attached hydrogens (tertiary/aromatic N) is 2. The highest BCUT2D eigenvalue weighted by atomic mass is 16.3. The van der Waals surface area contributed by atoms with Crippen LogP contribution in [0.1, 0.15) is 32.4 Å². The highest BCUT2D eigenvalue weighted by Gasteiger charge is 2.41. The molecule has 19 heavy (non-hydrogen) atoms. The minimum Gasteiger partial charge on any atom is -0.389 e. The SMILES string of the molecule is C[C@H](O)c1ccnc(N2CC(=O)NC(=O)C2(C)C)c1. The predicted octanol–water partition coefficient (Wildman–Crippen LogP) is 0.376. The van der Waals surface area contributed by atoms with Crippen LogP contribution in [0, 0.1) is 0 Å². The topological polar surface area (TPSA) is 82.5 Å². The molecule has 2 rings (SSSR count). The lowest BCUT2D eigenvalue weighted by Crippen LogP contribution is -2.64. The van der Waals surface area contributed by atoms with E-state index in [1.807, 2.05) is 0 Å². The average Bonchev–Trinajstić information content (AvgIpc) is 2.34. The Kier molecular flexibility index (Phi) is 3.28. The molecule has 6 heteroatoms. The first-order chi connectivity index (χ1) is 8.82. The number of carbonyl (C=O) groups is 2. The van der Waals surface area contributed by atoms with E-state index in [1.165, 1.54) is 0 Å². The summed E-state index contributed by atoms with van der Waals surface area (Å²) in [5.41, 5.74) is -0.169. The lowest BCUT2D eigenvalue weighted by Gasteiger charge is -2.41. The summed E-state index contributed by atoms with van der Waals surface area (Å²) < 4.78 is 0. The Hall–Kier alpha value is -1.95. The number of hydrogen-bond acceptors (Lipinski definition) is 5. The number of aliphatic hydroxyl groups excluding tert-OH is 1. The minimum atomic E-state index is -0.863. The molecule has 1 aromatic rings. The molecule has 2 N–H and O–H groups in total. The fraction of sp³-hybridized carbons (Fsp3) is 0.462. The zero-order valence-corrected chi connectivity index (χ0v) is 11.2. The maximum absolute atomic E-state index is 11.9. The van der Waals surface area contributed by atoms with Crippen molar-refractivity contribution in [3.05, 3.63) is 23.9 Å². The van der Waals surface area contributed by atoms with Gasteiger partial charge in [0.15, 0.2) is 0 Å². The zero-order chi connectivity index (χ0) is 14.2. The van der Waals surface area contributed by atoms with Crippen LogP contribution in [0.2, 0.25) is 0 Å². The van der Waals surface area contributed by atoms with Gasteiger partial charge in [0.25, 0.3) is 5.91 Å². The smallest absolute Gasteiger partial charge is 0.251 e. The molecule has 1 aromatic heterocycles. The summed E-state index contributed by atoms with van der Waals surface area (Å²) in [7, 11) is 0. The second kappa shape index (κ2) is 4.62. The van der Waals surface area contributed by atoms with E-state index in [-0.39, 0.29) is 18.4 Å². The van der Waals surface area contributed by atoms with Gasteiger partial charge in [-0.1, -0.05) is 0 Å². The standard InChI is InChI=1S/C13H17N3O3/c1-8(17)9-4-5-14-10(6-9)16-7-11(18)15-12(19)13(16,2)3/h4-6,8,17H,7H2,1-3H3,(H,15,18,19)/t8-/m0/s1. The Balaban J connectivity index is 2.41. The van der Waals surface area contributed by atoms with Crippen molar-refractivity contribution in [2.45, 2.75) is 32.4 Å². The molecule has 0 unspecified atom stereocenters. The van der Waals surface area contributed by atoms with Gasteiger partial charge in [0.05, 0.1) is 12.6 Å². The molecule has 1 saturated heterocycles. The van der Waals surface area contributed by atoms with Crippen LogP contribution in [-0.4, -0.2) is 34.0 Å². The van der Waals surface area contributed by atoms with Crippen LogP contribution in [0.4, 0.5) is 5.82 Å². The van der Waals surface area contributed by atoms with Crippen molar-refractivity contribution in [2.24, 2.45) is 0 Å². The highest BCUT2D eigenvalue weighted by molar-refractivity contribution is 6.06. The van der Waals surface area contributed by atoms with Crippen LogP contribution in [0.5, 0.6) is 0 Å². The number of rotatable bonds is 2. The molecule has 0 radical (unpaired) electrons. The van der Waals surface area contributed by atoms with Crippen molar-refractivity contribution < 1.29 is 14.7 Å². The maximum Gasteiger partial charge on any atom is 0.251 e. The molecule has 6 nitrogen and oxygen atoms in total. The Morgan fingerprint density at radius 3 is 2.79 bits per heavy atom. The van der Waals surface area contributed by atoms with Crippen LogP contribution < -0.4 is 10.2 Å². The lowest BCUT2D eigenvalue weighted by molar-refractivity contribution is -0.135. The third kappa shape index (κ3) is 2.44. The van der Waals surface area contributed by atoms with Gasteiger partial charge in [-0.05, 0) is 38.5 Å². The van der Waals surface area contributed by atoms with E-state index in [1.54, 1.807) is 44.0 Å². The predicted molar refractivity (Wildman–Crippen MR) is 69.4 cm³/mol. The molecule has 0 bridgehead atoms. The molecular weight excluding hydrogens is 246 g/mol. The Bertz CT molecular complexity index is 526. The monoisotopic (exact) mass is 263 g/mol. The van der Waals surface area contributed by atoms with Crippen molar-refractivity contribution in [1.82, 2.24) is 10.3 Å². The molecule has 102 valence electrons. The zero-order valence-electron chi connectivity index (χ0n) is 11.2. The summed E-state index contributed by atoms with van der Waals surface area (Å²) in [4.78, 5) is 29.2. The fourth-order valence-electron chi connectivity index (χ4n) is 1.99. The fourth-order valence-corrected chi connectivity index (χ4v) is 1.99. The van der Waals surface area contributed by atoms with E-state index in [0.717, 1.165) is 0 Å². The molecule has 0 saturated carbocycles. The van der Waals surface area contributed by atoms with Crippen molar-refractivity contribution in [3.8, 4) is 0 Å². The third-order valence-electron chi connectivity index (χ3n) is 3.31. The molecule has 2 amide bonds. The molecule has 1 fully saturated rings. The van der Waals surface area contributed by atoms with Crippen LogP contribution >= 0.6 is 0 Å². The van der Waals surface area contributed by atoms with Gasteiger partial charge < -0.3 is 10.0 Å². The summed E-state index contributed by atoms with van der Waals surface area (Å²) in [6.45, 7) is 5.17. The quantitative estimate of drug-likeness (QED) is 0.754. The van der Waals surface area contributed by atoms with Crippen molar-refractivity contribution in [3.63, 3.8) is 0 Å². The first kappa shape index (κ1) is 13.5. The van der Waals surface area contributed by atoms with Crippen LogP contribution in [0.15, 0.2) is 18.3 Å². The van der Waals surface area contributed by atoms with Gasteiger partial charge in [-0.25, -0.2) is 4.98 Å². The summed E-state index contributed by atoms with van der Waals surface area (Å²) in [5, 5.41) is 11.9. The van der Waals surface area contributed by atoms with E-state index in [2.05, 4.69) is 10.3 Å². The number of amides is 2. The van der Waals surface area contributed by atoms with Gasteiger partial charge in [-0.3, -0.25) is 14.9 Å². The van der Waals surface area contributed by atoms with Crippen LogP contribution in [0.25, 0.3) is 0 Å². The number of pyridine rings is 1. The Labute approximate surface area is 111 Å².